The van der Waals surface area contributed by atoms with Crippen LogP contribution in [-0.2, 0) is 0 Å². The standard InChI is InChI=1S/C13H17Cl2NO/c1-10(2)16(9-5-8-14)13(17)11-6-3-4-7-12(11)15/h3-4,6-7,10H,5,8-9H2,1-2H3. The van der Waals surface area contributed by atoms with Crippen LogP contribution in [0.3, 0.4) is 0 Å². The molecule has 0 aliphatic rings. The van der Waals surface area contributed by atoms with E-state index in [-0.39, 0.29) is 11.9 Å². The second kappa shape index (κ2) is 6.87. The Bertz CT molecular complexity index is 379. The van der Waals surface area contributed by atoms with Gasteiger partial charge in [0.2, 0.25) is 0 Å². The lowest BCUT2D eigenvalue weighted by Gasteiger charge is -2.27. The molecular formula is C13H17Cl2NO. The molecule has 0 aromatic heterocycles. The van der Waals surface area contributed by atoms with Gasteiger partial charge in [0.1, 0.15) is 0 Å². The van der Waals surface area contributed by atoms with Crippen molar-refractivity contribution in [2.24, 2.45) is 0 Å². The summed E-state index contributed by atoms with van der Waals surface area (Å²) in [7, 11) is 0. The molecule has 0 radical (unpaired) electrons. The number of amides is 1. The number of benzene rings is 1. The summed E-state index contributed by atoms with van der Waals surface area (Å²) in [4.78, 5) is 14.1. The molecule has 1 aromatic carbocycles. The third kappa shape index (κ3) is 3.90. The second-order valence-electron chi connectivity index (χ2n) is 4.11. The molecular weight excluding hydrogens is 257 g/mol. The number of alkyl halides is 1. The molecule has 0 fully saturated rings. The number of carbonyl (C=O) groups excluding carboxylic acids is 1. The predicted octanol–water partition coefficient (Wildman–Crippen LogP) is 3.82. The Hall–Kier alpha value is -0.730. The van der Waals surface area contributed by atoms with Crippen molar-refractivity contribution in [3.63, 3.8) is 0 Å². The zero-order valence-electron chi connectivity index (χ0n) is 10.1. The molecule has 1 amide bonds. The number of halogens is 2. The van der Waals surface area contributed by atoms with Crippen LogP contribution >= 0.6 is 23.2 Å². The summed E-state index contributed by atoms with van der Waals surface area (Å²) in [5.74, 6) is 0.523. The zero-order chi connectivity index (χ0) is 12.8. The lowest BCUT2D eigenvalue weighted by atomic mass is 10.1. The third-order valence-electron chi connectivity index (χ3n) is 2.52. The fourth-order valence-corrected chi connectivity index (χ4v) is 1.95. The molecule has 0 N–H and O–H groups in total. The summed E-state index contributed by atoms with van der Waals surface area (Å²) < 4.78 is 0. The first-order valence-electron chi connectivity index (χ1n) is 5.69. The number of hydrogen-bond acceptors (Lipinski definition) is 1. The maximum Gasteiger partial charge on any atom is 0.255 e. The van der Waals surface area contributed by atoms with Crippen molar-refractivity contribution < 1.29 is 4.79 Å². The fourth-order valence-electron chi connectivity index (χ4n) is 1.61. The first-order chi connectivity index (χ1) is 8.07. The van der Waals surface area contributed by atoms with Gasteiger partial charge in [0.15, 0.2) is 0 Å². The van der Waals surface area contributed by atoms with Crippen LogP contribution in [0.4, 0.5) is 0 Å². The molecule has 0 bridgehead atoms. The molecule has 94 valence electrons. The molecule has 0 aliphatic carbocycles. The highest BCUT2D eigenvalue weighted by molar-refractivity contribution is 6.33. The Morgan fingerprint density at radius 3 is 2.53 bits per heavy atom. The zero-order valence-corrected chi connectivity index (χ0v) is 11.6. The van der Waals surface area contributed by atoms with Crippen molar-refractivity contribution in [3.05, 3.63) is 34.9 Å². The summed E-state index contributed by atoms with van der Waals surface area (Å²) in [6, 6.07) is 7.26. The average molecular weight is 274 g/mol. The minimum Gasteiger partial charge on any atom is -0.336 e. The molecule has 0 saturated heterocycles. The van der Waals surface area contributed by atoms with E-state index in [1.807, 2.05) is 26.0 Å². The topological polar surface area (TPSA) is 20.3 Å². The van der Waals surface area contributed by atoms with Gasteiger partial charge in [-0.2, -0.15) is 0 Å². The van der Waals surface area contributed by atoms with E-state index in [4.69, 9.17) is 23.2 Å². The van der Waals surface area contributed by atoms with Gasteiger partial charge in [0, 0.05) is 18.5 Å². The Morgan fingerprint density at radius 1 is 1.35 bits per heavy atom. The van der Waals surface area contributed by atoms with Crippen LogP contribution in [0, 0.1) is 0 Å². The molecule has 1 rings (SSSR count). The quantitative estimate of drug-likeness (QED) is 0.747. The van der Waals surface area contributed by atoms with Gasteiger partial charge in [-0.15, -0.1) is 11.6 Å². The third-order valence-corrected chi connectivity index (χ3v) is 3.12. The van der Waals surface area contributed by atoms with Gasteiger partial charge in [-0.05, 0) is 32.4 Å². The van der Waals surface area contributed by atoms with Crippen LogP contribution in [-0.4, -0.2) is 29.3 Å². The summed E-state index contributed by atoms with van der Waals surface area (Å²) in [5, 5.41) is 0.494. The van der Waals surface area contributed by atoms with Crippen molar-refractivity contribution >= 4 is 29.1 Å². The van der Waals surface area contributed by atoms with Gasteiger partial charge in [-0.25, -0.2) is 0 Å². The molecule has 4 heteroatoms. The van der Waals surface area contributed by atoms with E-state index in [1.165, 1.54) is 0 Å². The summed E-state index contributed by atoms with van der Waals surface area (Å²) in [6.07, 6.45) is 0.788. The van der Waals surface area contributed by atoms with Crippen LogP contribution in [0.5, 0.6) is 0 Å². The van der Waals surface area contributed by atoms with Crippen LogP contribution in [0.25, 0.3) is 0 Å². The predicted molar refractivity (Wildman–Crippen MR) is 73.0 cm³/mol. The molecule has 1 aromatic rings. The Morgan fingerprint density at radius 2 is 2.00 bits per heavy atom. The van der Waals surface area contributed by atoms with Crippen LogP contribution < -0.4 is 0 Å². The van der Waals surface area contributed by atoms with Gasteiger partial charge in [-0.3, -0.25) is 4.79 Å². The number of rotatable bonds is 5. The smallest absolute Gasteiger partial charge is 0.255 e. The number of hydrogen-bond donors (Lipinski definition) is 0. The first-order valence-corrected chi connectivity index (χ1v) is 6.60. The van der Waals surface area contributed by atoms with Crippen LogP contribution in [0.15, 0.2) is 24.3 Å². The highest BCUT2D eigenvalue weighted by atomic mass is 35.5. The number of nitrogens with zero attached hydrogens (tertiary/aromatic N) is 1. The Kier molecular flexibility index (Phi) is 5.79. The molecule has 17 heavy (non-hydrogen) atoms. The Labute approximate surface area is 113 Å². The maximum absolute atomic E-state index is 12.3. The molecule has 0 atom stereocenters. The van der Waals surface area contributed by atoms with Gasteiger partial charge >= 0.3 is 0 Å². The van der Waals surface area contributed by atoms with E-state index >= 15 is 0 Å². The van der Waals surface area contributed by atoms with Crippen molar-refractivity contribution in [2.75, 3.05) is 12.4 Å². The van der Waals surface area contributed by atoms with Gasteiger partial charge < -0.3 is 4.90 Å². The van der Waals surface area contributed by atoms with Crippen LogP contribution in [0.1, 0.15) is 30.6 Å². The minimum atomic E-state index is -0.0317. The summed E-state index contributed by atoms with van der Waals surface area (Å²) in [6.45, 7) is 4.64. The van der Waals surface area contributed by atoms with Gasteiger partial charge in [0.25, 0.3) is 5.91 Å². The lowest BCUT2D eigenvalue weighted by Crippen LogP contribution is -2.38. The van der Waals surface area contributed by atoms with E-state index in [2.05, 4.69) is 0 Å². The van der Waals surface area contributed by atoms with E-state index in [1.54, 1.807) is 17.0 Å². The second-order valence-corrected chi connectivity index (χ2v) is 4.90. The molecule has 0 unspecified atom stereocenters. The molecule has 0 heterocycles. The molecule has 2 nitrogen and oxygen atoms in total. The van der Waals surface area contributed by atoms with Gasteiger partial charge in [-0.1, -0.05) is 23.7 Å². The molecule has 0 spiro atoms. The van der Waals surface area contributed by atoms with E-state index in [0.29, 0.717) is 23.0 Å². The SMILES string of the molecule is CC(C)N(CCCCl)C(=O)c1ccccc1Cl. The van der Waals surface area contributed by atoms with Crippen molar-refractivity contribution in [3.8, 4) is 0 Å². The Balaban J connectivity index is 2.88. The van der Waals surface area contributed by atoms with E-state index < -0.39 is 0 Å². The minimum absolute atomic E-state index is 0.0317. The highest BCUT2D eigenvalue weighted by Gasteiger charge is 2.19. The average Bonchev–Trinajstić information content (AvgIpc) is 2.29. The normalized spacial score (nSPS) is 10.6. The number of carbonyl (C=O) groups is 1. The highest BCUT2D eigenvalue weighted by Crippen LogP contribution is 2.18. The maximum atomic E-state index is 12.3. The first kappa shape index (κ1) is 14.3. The summed E-state index contributed by atoms with van der Waals surface area (Å²) >= 11 is 11.7. The van der Waals surface area contributed by atoms with Crippen molar-refractivity contribution in [1.29, 1.82) is 0 Å². The van der Waals surface area contributed by atoms with Crippen LogP contribution in [0.2, 0.25) is 5.02 Å². The molecule has 0 saturated carbocycles. The van der Waals surface area contributed by atoms with Gasteiger partial charge in [0.05, 0.1) is 10.6 Å². The molecule has 0 aliphatic heterocycles. The lowest BCUT2D eigenvalue weighted by molar-refractivity contribution is 0.0706. The summed E-state index contributed by atoms with van der Waals surface area (Å²) in [5.41, 5.74) is 0.553. The monoisotopic (exact) mass is 273 g/mol. The largest absolute Gasteiger partial charge is 0.336 e. The van der Waals surface area contributed by atoms with Crippen molar-refractivity contribution in [1.82, 2.24) is 4.90 Å². The van der Waals surface area contributed by atoms with Crippen molar-refractivity contribution in [2.45, 2.75) is 26.3 Å². The van der Waals surface area contributed by atoms with E-state index in [0.717, 1.165) is 6.42 Å². The fraction of sp³-hybridized carbons (Fsp3) is 0.462. The van der Waals surface area contributed by atoms with E-state index in [9.17, 15) is 4.79 Å².